The second-order valence-corrected chi connectivity index (χ2v) is 5.44. The summed E-state index contributed by atoms with van der Waals surface area (Å²) >= 11 is 12.5. The molecular formula is C14H12Cl2N2. The molecule has 1 aromatic carbocycles. The maximum atomic E-state index is 6.25. The van der Waals surface area contributed by atoms with E-state index in [1.165, 1.54) is 0 Å². The largest absolute Gasteiger partial charge is 0.220 e. The molecule has 92 valence electrons. The molecule has 2 aromatic rings. The van der Waals surface area contributed by atoms with Gasteiger partial charge in [-0.15, -0.1) is 0 Å². The summed E-state index contributed by atoms with van der Waals surface area (Å²) in [6.07, 6.45) is 1.12. The van der Waals surface area contributed by atoms with E-state index in [1.807, 2.05) is 30.3 Å². The monoisotopic (exact) mass is 278 g/mol. The summed E-state index contributed by atoms with van der Waals surface area (Å²) in [4.78, 5) is 8.79. The van der Waals surface area contributed by atoms with Crippen LogP contribution in [0.2, 0.25) is 10.3 Å². The summed E-state index contributed by atoms with van der Waals surface area (Å²) in [5.41, 5.74) is 1.67. The van der Waals surface area contributed by atoms with Crippen LogP contribution in [-0.4, -0.2) is 9.97 Å². The third-order valence-corrected chi connectivity index (χ3v) is 3.89. The fourth-order valence-electron chi connectivity index (χ4n) is 2.11. The van der Waals surface area contributed by atoms with E-state index in [-0.39, 0.29) is 0 Å². The van der Waals surface area contributed by atoms with E-state index >= 15 is 0 Å². The molecule has 1 fully saturated rings. The molecule has 1 aromatic heterocycles. The first-order chi connectivity index (χ1) is 8.66. The SMILES string of the molecule is CC1CC1c1nc(Cl)c(-c2ccccc2)c(Cl)n1. The van der Waals surface area contributed by atoms with Gasteiger partial charge in [0.2, 0.25) is 0 Å². The van der Waals surface area contributed by atoms with Crippen LogP contribution in [-0.2, 0) is 0 Å². The minimum Gasteiger partial charge on any atom is -0.220 e. The Labute approximate surface area is 116 Å². The van der Waals surface area contributed by atoms with Gasteiger partial charge in [-0.25, -0.2) is 9.97 Å². The highest BCUT2D eigenvalue weighted by molar-refractivity contribution is 6.37. The normalized spacial score (nSPS) is 21.9. The highest BCUT2D eigenvalue weighted by Crippen LogP contribution is 2.46. The first-order valence-electron chi connectivity index (χ1n) is 5.95. The number of hydrogen-bond acceptors (Lipinski definition) is 2. The lowest BCUT2D eigenvalue weighted by atomic mass is 10.1. The first-order valence-corrected chi connectivity index (χ1v) is 6.70. The van der Waals surface area contributed by atoms with E-state index in [0.29, 0.717) is 22.1 Å². The fraction of sp³-hybridized carbons (Fsp3) is 0.286. The van der Waals surface area contributed by atoms with Crippen molar-refractivity contribution in [1.29, 1.82) is 0 Å². The Morgan fingerprint density at radius 2 is 1.61 bits per heavy atom. The van der Waals surface area contributed by atoms with Gasteiger partial charge in [-0.1, -0.05) is 60.5 Å². The summed E-state index contributed by atoms with van der Waals surface area (Å²) in [5.74, 6) is 1.83. The summed E-state index contributed by atoms with van der Waals surface area (Å²) in [7, 11) is 0. The quantitative estimate of drug-likeness (QED) is 0.752. The molecule has 2 atom stereocenters. The number of halogens is 2. The van der Waals surface area contributed by atoms with Crippen LogP contribution < -0.4 is 0 Å². The van der Waals surface area contributed by atoms with Gasteiger partial charge in [0.25, 0.3) is 0 Å². The fourth-order valence-corrected chi connectivity index (χ4v) is 2.73. The van der Waals surface area contributed by atoms with Crippen molar-refractivity contribution < 1.29 is 0 Å². The number of nitrogens with zero attached hydrogens (tertiary/aromatic N) is 2. The van der Waals surface area contributed by atoms with Crippen LogP contribution >= 0.6 is 23.2 Å². The summed E-state index contributed by atoms with van der Waals surface area (Å²) in [6.45, 7) is 2.18. The van der Waals surface area contributed by atoms with Crippen LogP contribution in [0.4, 0.5) is 0 Å². The van der Waals surface area contributed by atoms with E-state index in [0.717, 1.165) is 23.4 Å². The lowest BCUT2D eigenvalue weighted by Gasteiger charge is -2.08. The molecule has 0 bridgehead atoms. The van der Waals surface area contributed by atoms with E-state index in [9.17, 15) is 0 Å². The maximum absolute atomic E-state index is 6.25. The lowest BCUT2D eigenvalue weighted by molar-refractivity contribution is 0.843. The smallest absolute Gasteiger partial charge is 0.142 e. The van der Waals surface area contributed by atoms with Crippen LogP contribution in [0, 0.1) is 5.92 Å². The molecule has 0 aliphatic heterocycles. The van der Waals surface area contributed by atoms with E-state index < -0.39 is 0 Å². The Bertz CT molecular complexity index is 561. The molecule has 1 heterocycles. The molecule has 2 unspecified atom stereocenters. The minimum absolute atomic E-state index is 0.421. The van der Waals surface area contributed by atoms with Gasteiger partial charge in [-0.05, 0) is 17.9 Å². The molecule has 0 amide bonds. The predicted octanol–water partition coefficient (Wildman–Crippen LogP) is 4.57. The lowest BCUT2D eigenvalue weighted by Crippen LogP contribution is -1.97. The highest BCUT2D eigenvalue weighted by atomic mass is 35.5. The molecule has 3 rings (SSSR count). The topological polar surface area (TPSA) is 25.8 Å². The highest BCUT2D eigenvalue weighted by Gasteiger charge is 2.37. The summed E-state index contributed by atoms with van der Waals surface area (Å²) in [6, 6.07) is 9.75. The molecule has 1 saturated carbocycles. The zero-order valence-corrected chi connectivity index (χ0v) is 11.4. The maximum Gasteiger partial charge on any atom is 0.142 e. The Kier molecular flexibility index (Phi) is 3.00. The van der Waals surface area contributed by atoms with Gasteiger partial charge in [0, 0.05) is 5.92 Å². The van der Waals surface area contributed by atoms with E-state index in [2.05, 4.69) is 16.9 Å². The summed E-state index contributed by atoms with van der Waals surface area (Å²) in [5, 5.41) is 0.880. The molecule has 0 N–H and O–H groups in total. The molecule has 0 spiro atoms. The van der Waals surface area contributed by atoms with Crippen LogP contribution in [0.15, 0.2) is 30.3 Å². The Balaban J connectivity index is 2.06. The van der Waals surface area contributed by atoms with Crippen molar-refractivity contribution in [3.63, 3.8) is 0 Å². The second-order valence-electron chi connectivity index (χ2n) is 4.72. The van der Waals surface area contributed by atoms with Gasteiger partial charge in [0.15, 0.2) is 0 Å². The molecule has 1 aliphatic rings. The van der Waals surface area contributed by atoms with Gasteiger partial charge >= 0.3 is 0 Å². The number of rotatable bonds is 2. The van der Waals surface area contributed by atoms with Crippen LogP contribution in [0.1, 0.15) is 25.1 Å². The third kappa shape index (κ3) is 2.11. The van der Waals surface area contributed by atoms with Crippen molar-refractivity contribution in [3.05, 3.63) is 46.5 Å². The molecule has 1 aliphatic carbocycles. The molecule has 0 saturated heterocycles. The van der Waals surface area contributed by atoms with Gasteiger partial charge in [0.05, 0.1) is 5.56 Å². The zero-order chi connectivity index (χ0) is 12.7. The number of benzene rings is 1. The van der Waals surface area contributed by atoms with Gasteiger partial charge in [-0.3, -0.25) is 0 Å². The van der Waals surface area contributed by atoms with Crippen LogP contribution in [0.25, 0.3) is 11.1 Å². The van der Waals surface area contributed by atoms with E-state index in [4.69, 9.17) is 23.2 Å². The Morgan fingerprint density at radius 3 is 2.11 bits per heavy atom. The van der Waals surface area contributed by atoms with Gasteiger partial charge < -0.3 is 0 Å². The predicted molar refractivity (Wildman–Crippen MR) is 74.0 cm³/mol. The number of aromatic nitrogens is 2. The molecule has 0 radical (unpaired) electrons. The molecule has 4 heteroatoms. The minimum atomic E-state index is 0.421. The average molecular weight is 279 g/mol. The molecule has 18 heavy (non-hydrogen) atoms. The molecular weight excluding hydrogens is 267 g/mol. The zero-order valence-electron chi connectivity index (χ0n) is 9.90. The Hall–Kier alpha value is -1.12. The van der Waals surface area contributed by atoms with Crippen molar-refractivity contribution in [3.8, 4) is 11.1 Å². The summed E-state index contributed by atoms with van der Waals surface area (Å²) < 4.78 is 0. The van der Waals surface area contributed by atoms with Crippen LogP contribution in [0.5, 0.6) is 0 Å². The van der Waals surface area contributed by atoms with Gasteiger partial charge in [0.1, 0.15) is 16.1 Å². The van der Waals surface area contributed by atoms with Crippen LogP contribution in [0.3, 0.4) is 0 Å². The van der Waals surface area contributed by atoms with Gasteiger partial charge in [-0.2, -0.15) is 0 Å². The number of hydrogen-bond donors (Lipinski definition) is 0. The molecule has 2 nitrogen and oxygen atoms in total. The van der Waals surface area contributed by atoms with Crippen molar-refractivity contribution >= 4 is 23.2 Å². The first kappa shape index (κ1) is 11.9. The Morgan fingerprint density at radius 1 is 1.06 bits per heavy atom. The second kappa shape index (κ2) is 4.52. The average Bonchev–Trinajstić information content (AvgIpc) is 3.07. The van der Waals surface area contributed by atoms with Crippen molar-refractivity contribution in [2.75, 3.05) is 0 Å². The van der Waals surface area contributed by atoms with E-state index in [1.54, 1.807) is 0 Å². The van der Waals surface area contributed by atoms with Crippen molar-refractivity contribution in [2.24, 2.45) is 5.92 Å². The standard InChI is InChI=1S/C14H12Cl2N2/c1-8-7-10(8)14-17-12(15)11(13(16)18-14)9-5-3-2-4-6-9/h2-6,8,10H,7H2,1H3. The van der Waals surface area contributed by atoms with Crippen molar-refractivity contribution in [1.82, 2.24) is 9.97 Å². The third-order valence-electron chi connectivity index (χ3n) is 3.34. The van der Waals surface area contributed by atoms with Crippen molar-refractivity contribution in [2.45, 2.75) is 19.3 Å².